The number of carbonyl (C=O) groups is 3. The van der Waals surface area contributed by atoms with Crippen LogP contribution in [0, 0.1) is 12.7 Å². The summed E-state index contributed by atoms with van der Waals surface area (Å²) in [4.78, 5) is 45.0. The Morgan fingerprint density at radius 1 is 1.29 bits per heavy atom. The van der Waals surface area contributed by atoms with Crippen LogP contribution in [-0.2, 0) is 22.4 Å². The van der Waals surface area contributed by atoms with E-state index in [1.54, 1.807) is 21.9 Å². The average molecular weight is 482 g/mol. The molecular weight excluding hydrogens is 449 g/mol. The summed E-state index contributed by atoms with van der Waals surface area (Å²) in [6.07, 6.45) is 2.23. The van der Waals surface area contributed by atoms with Gasteiger partial charge in [0.1, 0.15) is 11.4 Å². The molecule has 0 fully saturated rings. The van der Waals surface area contributed by atoms with Crippen molar-refractivity contribution in [3.63, 3.8) is 0 Å². The maximum Gasteiger partial charge on any atom is 0.410 e. The number of ketones is 1. The molecule has 0 saturated carbocycles. The molecule has 1 aliphatic carbocycles. The molecule has 8 heteroatoms. The zero-order chi connectivity index (χ0) is 25.5. The fourth-order valence-corrected chi connectivity index (χ4v) is 4.64. The number of Topliss-reactive ketones (excluding diaryl/α,β-unsaturated/α-hetero) is 1. The van der Waals surface area contributed by atoms with Crippen molar-refractivity contribution in [1.29, 1.82) is 0 Å². The number of carbonyl (C=O) groups excluding carboxylic acids is 3. The summed E-state index contributed by atoms with van der Waals surface area (Å²) in [5.41, 5.74) is 4.19. The summed E-state index contributed by atoms with van der Waals surface area (Å²) in [5, 5.41) is 0. The molecule has 1 aromatic heterocycles. The third-order valence-electron chi connectivity index (χ3n) is 6.47. The monoisotopic (exact) mass is 481 g/mol. The van der Waals surface area contributed by atoms with Crippen molar-refractivity contribution in [1.82, 2.24) is 14.8 Å². The first-order valence-electron chi connectivity index (χ1n) is 12.0. The van der Waals surface area contributed by atoms with Crippen LogP contribution in [0.25, 0.3) is 11.6 Å². The fourth-order valence-electron chi connectivity index (χ4n) is 4.64. The third-order valence-corrected chi connectivity index (χ3v) is 6.47. The highest BCUT2D eigenvalue weighted by Gasteiger charge is 2.31. The van der Waals surface area contributed by atoms with Gasteiger partial charge in [0.2, 0.25) is 0 Å². The van der Waals surface area contributed by atoms with Crippen molar-refractivity contribution in [2.75, 3.05) is 26.2 Å². The lowest BCUT2D eigenvalue weighted by atomic mass is 10.0. The number of rotatable bonds is 5. The number of nitrogens with zero attached hydrogens (tertiary/aromatic N) is 2. The number of hydrogen-bond acceptors (Lipinski definition) is 4. The Hall–Kier alpha value is -3.42. The minimum Gasteiger partial charge on any atom is -0.444 e. The first kappa shape index (κ1) is 24.7. The lowest BCUT2D eigenvalue weighted by molar-refractivity contribution is -0.112. The Bertz CT molecular complexity index is 1220. The van der Waals surface area contributed by atoms with Gasteiger partial charge in [-0.15, -0.1) is 0 Å². The standard InChI is InChI=1S/C27H32FN3O4/c1-6-30(26(34)35-27(3,4)5)11-12-31-10-9-21-24(25(31)33)16(2)22(29-21)15-20-19-14-18(28)8-7-17(19)13-23(20)32/h7-8,14-15,29H,6,9-13H2,1-5H3/b20-15-. The number of aromatic amines is 1. The number of fused-ring (bicyclic) bond motifs is 2. The van der Waals surface area contributed by atoms with Crippen molar-refractivity contribution in [3.8, 4) is 0 Å². The molecule has 1 N–H and O–H groups in total. The Morgan fingerprint density at radius 2 is 2.03 bits per heavy atom. The predicted octanol–water partition coefficient (Wildman–Crippen LogP) is 4.38. The van der Waals surface area contributed by atoms with Crippen LogP contribution in [0.2, 0.25) is 0 Å². The molecule has 186 valence electrons. The summed E-state index contributed by atoms with van der Waals surface area (Å²) in [6, 6.07) is 4.40. The number of H-pyrrole nitrogens is 1. The molecule has 0 saturated heterocycles. The zero-order valence-corrected chi connectivity index (χ0v) is 21.0. The highest BCUT2D eigenvalue weighted by atomic mass is 19.1. The number of allylic oxidation sites excluding steroid dienone is 1. The Morgan fingerprint density at radius 3 is 2.71 bits per heavy atom. The molecule has 0 unspecified atom stereocenters. The number of benzene rings is 1. The van der Waals surface area contributed by atoms with Gasteiger partial charge in [-0.05, 0) is 69.5 Å². The number of ether oxygens (including phenoxy) is 1. The predicted molar refractivity (Wildman–Crippen MR) is 132 cm³/mol. The van der Waals surface area contributed by atoms with Crippen LogP contribution in [-0.4, -0.2) is 64.3 Å². The van der Waals surface area contributed by atoms with E-state index >= 15 is 0 Å². The maximum absolute atomic E-state index is 13.8. The van der Waals surface area contributed by atoms with Gasteiger partial charge in [0.25, 0.3) is 5.91 Å². The fraction of sp³-hybridized carbons (Fsp3) is 0.444. The smallest absolute Gasteiger partial charge is 0.410 e. The highest BCUT2D eigenvalue weighted by molar-refractivity contribution is 6.29. The molecule has 2 aliphatic rings. The maximum atomic E-state index is 13.8. The van der Waals surface area contributed by atoms with Crippen LogP contribution in [0.3, 0.4) is 0 Å². The minimum absolute atomic E-state index is 0.0627. The van der Waals surface area contributed by atoms with E-state index in [1.165, 1.54) is 12.1 Å². The van der Waals surface area contributed by atoms with Gasteiger partial charge in [-0.2, -0.15) is 0 Å². The van der Waals surface area contributed by atoms with E-state index in [0.29, 0.717) is 55.0 Å². The second-order valence-corrected chi connectivity index (χ2v) is 10.1. The molecule has 1 aromatic carbocycles. The number of hydrogen-bond donors (Lipinski definition) is 1. The van der Waals surface area contributed by atoms with Gasteiger partial charge in [0.05, 0.1) is 5.56 Å². The van der Waals surface area contributed by atoms with Crippen LogP contribution in [0.1, 0.15) is 66.1 Å². The second kappa shape index (κ2) is 9.32. The van der Waals surface area contributed by atoms with Crippen molar-refractivity contribution in [3.05, 3.63) is 57.7 Å². The van der Waals surface area contributed by atoms with Gasteiger partial charge in [-0.1, -0.05) is 6.07 Å². The Labute approximate surface area is 204 Å². The minimum atomic E-state index is -0.583. The van der Waals surface area contributed by atoms with Gasteiger partial charge in [0.15, 0.2) is 5.78 Å². The number of aromatic nitrogens is 1. The van der Waals surface area contributed by atoms with Crippen molar-refractivity contribution < 1.29 is 23.5 Å². The summed E-state index contributed by atoms with van der Waals surface area (Å²) in [6.45, 7) is 11.0. The molecule has 35 heavy (non-hydrogen) atoms. The molecule has 2 heterocycles. The molecule has 7 nitrogen and oxygen atoms in total. The lowest BCUT2D eigenvalue weighted by Gasteiger charge is -2.31. The van der Waals surface area contributed by atoms with Crippen LogP contribution < -0.4 is 0 Å². The third kappa shape index (κ3) is 5.01. The Kier molecular flexibility index (Phi) is 6.58. The molecule has 0 spiro atoms. The largest absolute Gasteiger partial charge is 0.444 e. The summed E-state index contributed by atoms with van der Waals surface area (Å²) < 4.78 is 19.3. The van der Waals surface area contributed by atoms with E-state index in [1.807, 2.05) is 34.6 Å². The van der Waals surface area contributed by atoms with E-state index < -0.39 is 11.7 Å². The molecule has 2 aromatic rings. The molecular formula is C27H32FN3O4. The van der Waals surface area contributed by atoms with E-state index in [4.69, 9.17) is 4.74 Å². The summed E-state index contributed by atoms with van der Waals surface area (Å²) in [5.74, 6) is -0.549. The van der Waals surface area contributed by atoms with Crippen molar-refractivity contribution in [2.24, 2.45) is 0 Å². The summed E-state index contributed by atoms with van der Waals surface area (Å²) in [7, 11) is 0. The van der Waals surface area contributed by atoms with E-state index in [0.717, 1.165) is 16.8 Å². The molecule has 4 rings (SSSR count). The lowest BCUT2D eigenvalue weighted by Crippen LogP contribution is -2.45. The quantitative estimate of drug-likeness (QED) is 0.643. The average Bonchev–Trinajstić information content (AvgIpc) is 3.25. The molecule has 2 amide bonds. The highest BCUT2D eigenvalue weighted by Crippen LogP contribution is 2.34. The number of nitrogens with one attached hydrogen (secondary N) is 1. The van der Waals surface area contributed by atoms with Gasteiger partial charge in [-0.3, -0.25) is 9.59 Å². The summed E-state index contributed by atoms with van der Waals surface area (Å²) >= 11 is 0. The van der Waals surface area contributed by atoms with E-state index in [2.05, 4.69) is 4.98 Å². The topological polar surface area (TPSA) is 82.7 Å². The Balaban J connectivity index is 1.53. The first-order chi connectivity index (χ1) is 16.5. The van der Waals surface area contributed by atoms with E-state index in [9.17, 15) is 18.8 Å². The van der Waals surface area contributed by atoms with Gasteiger partial charge >= 0.3 is 6.09 Å². The number of amides is 2. The molecule has 0 atom stereocenters. The van der Waals surface area contributed by atoms with Crippen LogP contribution in [0.4, 0.5) is 9.18 Å². The SMILES string of the molecule is CCN(CCN1CCc2[nH]c(/C=C3\C(=O)Cc4ccc(F)cc43)c(C)c2C1=O)C(=O)OC(C)(C)C. The number of likely N-dealkylation sites (N-methyl/N-ethyl adjacent to an activating group) is 1. The van der Waals surface area contributed by atoms with Crippen LogP contribution in [0.15, 0.2) is 18.2 Å². The van der Waals surface area contributed by atoms with Crippen LogP contribution >= 0.6 is 0 Å². The van der Waals surface area contributed by atoms with Crippen LogP contribution in [0.5, 0.6) is 0 Å². The molecule has 0 radical (unpaired) electrons. The normalized spacial score (nSPS) is 16.5. The second-order valence-electron chi connectivity index (χ2n) is 10.1. The van der Waals surface area contributed by atoms with Crippen molar-refractivity contribution >= 4 is 29.4 Å². The van der Waals surface area contributed by atoms with Gasteiger partial charge in [-0.25, -0.2) is 9.18 Å². The number of halogens is 1. The van der Waals surface area contributed by atoms with Crippen molar-refractivity contribution in [2.45, 2.75) is 53.1 Å². The first-order valence-corrected chi connectivity index (χ1v) is 12.0. The van der Waals surface area contributed by atoms with Gasteiger partial charge in [0, 0.05) is 56.0 Å². The zero-order valence-electron chi connectivity index (χ0n) is 21.0. The van der Waals surface area contributed by atoms with E-state index in [-0.39, 0.29) is 23.9 Å². The molecule has 0 bridgehead atoms. The van der Waals surface area contributed by atoms with Gasteiger partial charge < -0.3 is 19.5 Å². The molecule has 1 aliphatic heterocycles.